The van der Waals surface area contributed by atoms with E-state index in [1.54, 1.807) is 7.11 Å². The summed E-state index contributed by atoms with van der Waals surface area (Å²) in [5, 5.41) is 12.8. The minimum atomic E-state index is -0.0484. The van der Waals surface area contributed by atoms with E-state index in [9.17, 15) is 4.79 Å². The first kappa shape index (κ1) is 19.3. The topological polar surface area (TPSA) is 69.0 Å². The zero-order chi connectivity index (χ0) is 19.2. The van der Waals surface area contributed by atoms with E-state index in [2.05, 4.69) is 15.5 Å². The minimum absolute atomic E-state index is 0.0484. The van der Waals surface area contributed by atoms with Gasteiger partial charge in [0.15, 0.2) is 11.0 Å². The Bertz CT molecular complexity index is 910. The first-order chi connectivity index (χ1) is 13.1. The molecule has 0 spiro atoms. The smallest absolute Gasteiger partial charge is 0.225 e. The van der Waals surface area contributed by atoms with Gasteiger partial charge in [0, 0.05) is 35.5 Å². The van der Waals surface area contributed by atoms with Crippen molar-refractivity contribution in [2.45, 2.75) is 11.6 Å². The van der Waals surface area contributed by atoms with Crippen LogP contribution in [-0.4, -0.2) is 33.5 Å². The highest BCUT2D eigenvalue weighted by atomic mass is 35.5. The van der Waals surface area contributed by atoms with Crippen molar-refractivity contribution in [3.8, 4) is 17.1 Å². The molecule has 2 aromatic carbocycles. The number of hydrogen-bond acceptors (Lipinski definition) is 5. The van der Waals surface area contributed by atoms with Crippen LogP contribution in [0.3, 0.4) is 0 Å². The zero-order valence-corrected chi connectivity index (χ0v) is 16.5. The van der Waals surface area contributed by atoms with Gasteiger partial charge < -0.3 is 14.6 Å². The predicted octanol–water partition coefficient (Wildman–Crippen LogP) is 4.27. The van der Waals surface area contributed by atoms with Gasteiger partial charge in [-0.15, -0.1) is 10.2 Å². The fourth-order valence-corrected chi connectivity index (χ4v) is 3.40. The quantitative estimate of drug-likeness (QED) is 0.598. The van der Waals surface area contributed by atoms with Crippen molar-refractivity contribution in [2.75, 3.05) is 18.2 Å². The Morgan fingerprint density at radius 3 is 2.52 bits per heavy atom. The molecule has 27 heavy (non-hydrogen) atoms. The Hall–Kier alpha value is -2.51. The molecule has 0 radical (unpaired) electrons. The number of amides is 1. The maximum Gasteiger partial charge on any atom is 0.225 e. The van der Waals surface area contributed by atoms with Gasteiger partial charge in [0.25, 0.3) is 0 Å². The number of methoxy groups -OCH3 is 1. The summed E-state index contributed by atoms with van der Waals surface area (Å²) in [5.41, 5.74) is 1.69. The van der Waals surface area contributed by atoms with E-state index in [4.69, 9.17) is 16.3 Å². The monoisotopic (exact) mass is 402 g/mol. The molecule has 0 saturated carbocycles. The number of aromatic nitrogens is 3. The lowest BCUT2D eigenvalue weighted by molar-refractivity contribution is -0.115. The molecule has 0 bridgehead atoms. The van der Waals surface area contributed by atoms with E-state index >= 15 is 0 Å². The molecule has 3 aromatic rings. The number of anilines is 1. The van der Waals surface area contributed by atoms with Gasteiger partial charge in [0.2, 0.25) is 5.91 Å². The molecule has 0 unspecified atom stereocenters. The number of carbonyl (C=O) groups excluding carboxylic acids is 1. The molecule has 1 heterocycles. The van der Waals surface area contributed by atoms with Crippen molar-refractivity contribution in [2.24, 2.45) is 7.05 Å². The van der Waals surface area contributed by atoms with Crippen LogP contribution in [0.5, 0.6) is 5.75 Å². The lowest BCUT2D eigenvalue weighted by atomic mass is 10.2. The average Bonchev–Trinajstić information content (AvgIpc) is 3.04. The standard InChI is InChI=1S/C19H19ClN4O2S/c1-24-18(13-3-5-14(20)6-4-13)22-23-19(24)27-12-11-17(25)21-15-7-9-16(26-2)10-8-15/h3-10H,11-12H2,1-2H3,(H,21,25). The third-order valence-electron chi connectivity index (χ3n) is 3.87. The van der Waals surface area contributed by atoms with Crippen molar-refractivity contribution >= 4 is 35.0 Å². The summed E-state index contributed by atoms with van der Waals surface area (Å²) in [6.45, 7) is 0. The second-order valence-electron chi connectivity index (χ2n) is 5.75. The fourth-order valence-electron chi connectivity index (χ4n) is 2.42. The molecule has 1 N–H and O–H groups in total. The molecule has 1 amide bonds. The second-order valence-corrected chi connectivity index (χ2v) is 7.25. The Balaban J connectivity index is 1.52. The van der Waals surface area contributed by atoms with Crippen LogP contribution >= 0.6 is 23.4 Å². The Labute approximate surface area is 166 Å². The lowest BCUT2D eigenvalue weighted by Crippen LogP contribution is -2.12. The molecule has 0 aliphatic carbocycles. The van der Waals surface area contributed by atoms with Crippen LogP contribution in [0.25, 0.3) is 11.4 Å². The highest BCUT2D eigenvalue weighted by molar-refractivity contribution is 7.99. The number of rotatable bonds is 7. The molecule has 0 aliphatic rings. The van der Waals surface area contributed by atoms with E-state index in [0.717, 1.165) is 28.0 Å². The first-order valence-electron chi connectivity index (χ1n) is 8.29. The number of hydrogen-bond donors (Lipinski definition) is 1. The van der Waals surface area contributed by atoms with E-state index in [-0.39, 0.29) is 5.91 Å². The van der Waals surface area contributed by atoms with Crippen molar-refractivity contribution < 1.29 is 9.53 Å². The van der Waals surface area contributed by atoms with Gasteiger partial charge in [-0.05, 0) is 48.5 Å². The van der Waals surface area contributed by atoms with Crippen LogP contribution in [0.1, 0.15) is 6.42 Å². The molecule has 3 rings (SSSR count). The number of nitrogens with zero attached hydrogens (tertiary/aromatic N) is 3. The number of thioether (sulfide) groups is 1. The maximum absolute atomic E-state index is 12.1. The number of halogens is 1. The largest absolute Gasteiger partial charge is 0.497 e. The molecule has 1 aromatic heterocycles. The zero-order valence-electron chi connectivity index (χ0n) is 15.0. The third kappa shape index (κ3) is 5.02. The number of ether oxygens (including phenoxy) is 1. The third-order valence-corrected chi connectivity index (χ3v) is 5.15. The van der Waals surface area contributed by atoms with Crippen LogP contribution in [0.4, 0.5) is 5.69 Å². The average molecular weight is 403 g/mol. The van der Waals surface area contributed by atoms with Gasteiger partial charge in [-0.3, -0.25) is 4.79 Å². The summed E-state index contributed by atoms with van der Waals surface area (Å²) in [4.78, 5) is 12.1. The summed E-state index contributed by atoms with van der Waals surface area (Å²) >= 11 is 7.42. The van der Waals surface area contributed by atoms with Gasteiger partial charge in [-0.25, -0.2) is 0 Å². The van der Waals surface area contributed by atoms with Crippen LogP contribution in [0.15, 0.2) is 53.7 Å². The summed E-state index contributed by atoms with van der Waals surface area (Å²) < 4.78 is 7.01. The molecule has 0 aliphatic heterocycles. The van der Waals surface area contributed by atoms with Crippen molar-refractivity contribution in [3.63, 3.8) is 0 Å². The van der Waals surface area contributed by atoms with E-state index < -0.39 is 0 Å². The minimum Gasteiger partial charge on any atom is -0.497 e. The van der Waals surface area contributed by atoms with Crippen molar-refractivity contribution in [1.82, 2.24) is 14.8 Å². The normalized spacial score (nSPS) is 10.6. The Morgan fingerprint density at radius 1 is 1.15 bits per heavy atom. The Morgan fingerprint density at radius 2 is 1.85 bits per heavy atom. The molecule has 0 fully saturated rings. The molecule has 8 heteroatoms. The van der Waals surface area contributed by atoms with Crippen LogP contribution < -0.4 is 10.1 Å². The highest BCUT2D eigenvalue weighted by Crippen LogP contribution is 2.24. The molecular weight excluding hydrogens is 384 g/mol. The van der Waals surface area contributed by atoms with Gasteiger partial charge in [-0.1, -0.05) is 23.4 Å². The second kappa shape index (κ2) is 8.92. The Kier molecular flexibility index (Phi) is 6.36. The molecule has 140 valence electrons. The number of nitrogens with one attached hydrogen (secondary N) is 1. The van der Waals surface area contributed by atoms with Gasteiger partial charge >= 0.3 is 0 Å². The van der Waals surface area contributed by atoms with Crippen LogP contribution in [0.2, 0.25) is 5.02 Å². The molecule has 0 saturated heterocycles. The molecule has 6 nitrogen and oxygen atoms in total. The molecular formula is C19H19ClN4O2S. The van der Waals surface area contributed by atoms with E-state index in [1.165, 1.54) is 11.8 Å². The maximum atomic E-state index is 12.1. The fraction of sp³-hybridized carbons (Fsp3) is 0.211. The number of benzene rings is 2. The van der Waals surface area contributed by atoms with Crippen molar-refractivity contribution in [3.05, 3.63) is 53.6 Å². The van der Waals surface area contributed by atoms with Gasteiger partial charge in [-0.2, -0.15) is 0 Å². The van der Waals surface area contributed by atoms with Crippen LogP contribution in [0, 0.1) is 0 Å². The summed E-state index contributed by atoms with van der Waals surface area (Å²) in [6, 6.07) is 14.7. The highest BCUT2D eigenvalue weighted by Gasteiger charge is 2.12. The summed E-state index contributed by atoms with van der Waals surface area (Å²) in [7, 11) is 3.51. The van der Waals surface area contributed by atoms with Crippen LogP contribution in [-0.2, 0) is 11.8 Å². The number of carbonyl (C=O) groups is 1. The first-order valence-corrected chi connectivity index (χ1v) is 9.65. The lowest BCUT2D eigenvalue weighted by Gasteiger charge is -2.06. The van der Waals surface area contributed by atoms with Crippen molar-refractivity contribution in [1.29, 1.82) is 0 Å². The predicted molar refractivity (Wildman–Crippen MR) is 108 cm³/mol. The van der Waals surface area contributed by atoms with Gasteiger partial charge in [0.1, 0.15) is 5.75 Å². The van der Waals surface area contributed by atoms with E-state index in [0.29, 0.717) is 17.2 Å². The SMILES string of the molecule is COc1ccc(NC(=O)CCSc2nnc(-c3ccc(Cl)cc3)n2C)cc1. The summed E-state index contributed by atoms with van der Waals surface area (Å²) in [6.07, 6.45) is 0.375. The van der Waals surface area contributed by atoms with E-state index in [1.807, 2.05) is 60.1 Å². The molecule has 0 atom stereocenters. The van der Waals surface area contributed by atoms with Gasteiger partial charge in [0.05, 0.1) is 7.11 Å². The summed E-state index contributed by atoms with van der Waals surface area (Å²) in [5.74, 6) is 2.07.